The van der Waals surface area contributed by atoms with Gasteiger partial charge in [0.1, 0.15) is 27.7 Å². The molecule has 0 amide bonds. The minimum Gasteiger partial charge on any atom is -0.309 e. The summed E-state index contributed by atoms with van der Waals surface area (Å²) < 4.78 is 40.5. The molecule has 2 fully saturated rings. The number of fused-ring (bicyclic) bond motifs is 4. The average molecular weight is 471 g/mol. The lowest BCUT2D eigenvalue weighted by atomic mass is 9.81. The van der Waals surface area contributed by atoms with Crippen molar-refractivity contribution in [1.29, 1.82) is 0 Å². The number of hydrazone groups is 1. The number of nitrogens with one attached hydrogen (secondary N) is 1. The summed E-state index contributed by atoms with van der Waals surface area (Å²) in [5.41, 5.74) is -0.178. The third kappa shape index (κ3) is 3.35. The highest BCUT2D eigenvalue weighted by molar-refractivity contribution is 7.89. The van der Waals surface area contributed by atoms with Gasteiger partial charge in [-0.1, -0.05) is 19.3 Å². The molecule has 0 saturated heterocycles. The van der Waals surface area contributed by atoms with Crippen LogP contribution in [0.4, 0.5) is 22.0 Å². The quantitative estimate of drug-likeness (QED) is 0.599. The minimum absolute atomic E-state index is 0.0840. The number of primary sulfonamides is 1. The highest BCUT2D eigenvalue weighted by Gasteiger charge is 2.48. The molecule has 3 aromatic heterocycles. The summed E-state index contributed by atoms with van der Waals surface area (Å²) in [6.07, 6.45) is 9.16. The van der Waals surface area contributed by atoms with Gasteiger partial charge < -0.3 is 5.32 Å². The molecule has 2 aliphatic carbocycles. The van der Waals surface area contributed by atoms with E-state index < -0.39 is 15.6 Å². The van der Waals surface area contributed by atoms with Crippen molar-refractivity contribution in [3.8, 4) is 0 Å². The van der Waals surface area contributed by atoms with E-state index in [-0.39, 0.29) is 22.9 Å². The number of pyridine rings is 1. The zero-order valence-electron chi connectivity index (χ0n) is 17.8. The number of halogens is 1. The maximum Gasteiger partial charge on any atom is 0.239 e. The summed E-state index contributed by atoms with van der Waals surface area (Å²) >= 11 is 0. The molecule has 172 valence electrons. The summed E-state index contributed by atoms with van der Waals surface area (Å²) in [5.74, 6) is 1.17. The van der Waals surface area contributed by atoms with Gasteiger partial charge in [-0.3, -0.25) is 4.57 Å². The standard InChI is InChI=1S/C21H23FN8O2S/c22-19-21(8-2-1-3-9-21)29-17(30(28-19)14-4-5-14)10-13-11-25-20(27-18(13)29)26-16-7-6-15(12-24-16)33(23,31)32/h6-7,10-12,14H,1-5,8-9H2,(H2,23,31,32)(H,24,25,26,27). The van der Waals surface area contributed by atoms with Crippen molar-refractivity contribution in [3.05, 3.63) is 30.6 Å². The first kappa shape index (κ1) is 20.5. The summed E-state index contributed by atoms with van der Waals surface area (Å²) in [6, 6.07) is 5.05. The highest BCUT2D eigenvalue weighted by atomic mass is 32.2. The van der Waals surface area contributed by atoms with Crippen LogP contribution in [0.15, 0.2) is 40.6 Å². The molecule has 0 radical (unpaired) electrons. The van der Waals surface area contributed by atoms with Crippen LogP contribution in [-0.2, 0) is 15.6 Å². The van der Waals surface area contributed by atoms with Crippen LogP contribution in [0.5, 0.6) is 0 Å². The fourth-order valence-corrected chi connectivity index (χ4v) is 5.31. The Labute approximate surface area is 189 Å². The first-order chi connectivity index (χ1) is 15.8. The van der Waals surface area contributed by atoms with Crippen LogP contribution in [0.2, 0.25) is 0 Å². The van der Waals surface area contributed by atoms with Gasteiger partial charge in [0.15, 0.2) is 0 Å². The lowest BCUT2D eigenvalue weighted by Gasteiger charge is -2.42. The molecule has 4 heterocycles. The smallest absolute Gasteiger partial charge is 0.239 e. The normalized spacial score (nSPS) is 20.1. The van der Waals surface area contributed by atoms with Crippen molar-refractivity contribution < 1.29 is 12.8 Å². The first-order valence-electron chi connectivity index (χ1n) is 11.0. The summed E-state index contributed by atoms with van der Waals surface area (Å²) in [7, 11) is -3.83. The van der Waals surface area contributed by atoms with E-state index in [0.717, 1.165) is 43.3 Å². The average Bonchev–Trinajstić information content (AvgIpc) is 3.57. The van der Waals surface area contributed by atoms with Crippen molar-refractivity contribution in [3.63, 3.8) is 0 Å². The van der Waals surface area contributed by atoms with Crippen LogP contribution in [0.1, 0.15) is 44.9 Å². The van der Waals surface area contributed by atoms with Gasteiger partial charge in [0.25, 0.3) is 0 Å². The molecule has 10 nitrogen and oxygen atoms in total. The number of hydrogen-bond donors (Lipinski definition) is 2. The molecule has 3 N–H and O–H groups in total. The molecule has 6 rings (SSSR count). The Morgan fingerprint density at radius 1 is 1.12 bits per heavy atom. The molecule has 0 aromatic carbocycles. The van der Waals surface area contributed by atoms with Crippen molar-refractivity contribution in [1.82, 2.24) is 19.5 Å². The monoisotopic (exact) mass is 470 g/mol. The molecule has 0 bridgehead atoms. The minimum atomic E-state index is -3.83. The predicted molar refractivity (Wildman–Crippen MR) is 122 cm³/mol. The molecule has 1 spiro atoms. The third-order valence-electron chi connectivity index (χ3n) is 6.64. The molecule has 33 heavy (non-hydrogen) atoms. The molecule has 12 heteroatoms. The van der Waals surface area contributed by atoms with Crippen LogP contribution >= 0.6 is 0 Å². The molecular weight excluding hydrogens is 447 g/mol. The van der Waals surface area contributed by atoms with E-state index in [2.05, 4.69) is 20.4 Å². The van der Waals surface area contributed by atoms with Crippen LogP contribution in [0.3, 0.4) is 0 Å². The number of nitrogens with zero attached hydrogens (tertiary/aromatic N) is 6. The van der Waals surface area contributed by atoms with Crippen LogP contribution in [0.25, 0.3) is 11.0 Å². The van der Waals surface area contributed by atoms with Crippen molar-refractivity contribution >= 4 is 44.6 Å². The summed E-state index contributed by atoms with van der Waals surface area (Å²) in [5, 5.41) is 15.2. The van der Waals surface area contributed by atoms with Crippen LogP contribution in [0, 0.1) is 0 Å². The van der Waals surface area contributed by atoms with Gasteiger partial charge in [-0.05, 0) is 43.9 Å². The largest absolute Gasteiger partial charge is 0.309 e. The fourth-order valence-electron chi connectivity index (χ4n) is 4.85. The number of anilines is 3. The Hall–Kier alpha value is -3.12. The highest BCUT2D eigenvalue weighted by Crippen LogP contribution is 2.47. The molecule has 0 unspecified atom stereocenters. The maximum atomic E-state index is 15.6. The van der Waals surface area contributed by atoms with Gasteiger partial charge in [-0.15, -0.1) is 5.10 Å². The first-order valence-corrected chi connectivity index (χ1v) is 12.6. The number of aromatic nitrogens is 4. The Morgan fingerprint density at radius 2 is 1.91 bits per heavy atom. The van der Waals surface area contributed by atoms with Crippen LogP contribution in [-0.4, -0.2) is 39.9 Å². The fraction of sp³-hybridized carbons (Fsp3) is 0.429. The number of hydrogen-bond acceptors (Lipinski definition) is 8. The molecule has 3 aliphatic rings. The maximum absolute atomic E-state index is 15.6. The van der Waals surface area contributed by atoms with Gasteiger partial charge in [0, 0.05) is 17.8 Å². The van der Waals surface area contributed by atoms with Gasteiger partial charge >= 0.3 is 0 Å². The SMILES string of the molecule is NS(=O)(=O)c1ccc(Nc2ncc3cc4n(c3n2)C2(CCCCC2)C(F)=NN4C2CC2)nc1. The number of rotatable bonds is 4. The van der Waals surface area contributed by atoms with Gasteiger partial charge in [0.05, 0.1) is 6.04 Å². The van der Waals surface area contributed by atoms with E-state index in [0.29, 0.717) is 24.3 Å². The van der Waals surface area contributed by atoms with Gasteiger partial charge in [-0.2, -0.15) is 9.37 Å². The van der Waals surface area contributed by atoms with Crippen molar-refractivity contribution in [2.75, 3.05) is 10.3 Å². The van der Waals surface area contributed by atoms with E-state index in [9.17, 15) is 8.42 Å². The Morgan fingerprint density at radius 3 is 2.58 bits per heavy atom. The molecule has 2 saturated carbocycles. The van der Waals surface area contributed by atoms with E-state index in [1.54, 1.807) is 11.2 Å². The molecular formula is C21H23FN8O2S. The number of sulfonamides is 1. The van der Waals surface area contributed by atoms with Gasteiger partial charge in [-0.25, -0.2) is 28.5 Å². The lowest BCUT2D eigenvalue weighted by Crippen LogP contribution is -2.48. The van der Waals surface area contributed by atoms with E-state index in [1.807, 2.05) is 10.6 Å². The topological polar surface area (TPSA) is 131 Å². The molecule has 0 atom stereocenters. The van der Waals surface area contributed by atoms with Crippen molar-refractivity contribution in [2.45, 2.75) is 61.4 Å². The van der Waals surface area contributed by atoms with E-state index in [1.165, 1.54) is 18.3 Å². The molecule has 3 aromatic rings. The zero-order valence-corrected chi connectivity index (χ0v) is 18.6. The molecule has 1 aliphatic heterocycles. The lowest BCUT2D eigenvalue weighted by molar-refractivity contribution is 0.262. The Bertz CT molecular complexity index is 1380. The predicted octanol–water partition coefficient (Wildman–Crippen LogP) is 3.14. The second-order valence-corrected chi connectivity index (χ2v) is 10.5. The zero-order chi connectivity index (χ0) is 22.8. The third-order valence-corrected chi connectivity index (χ3v) is 7.54. The Kier molecular flexibility index (Phi) is 4.46. The summed E-state index contributed by atoms with van der Waals surface area (Å²) in [6.45, 7) is 0. The van der Waals surface area contributed by atoms with Crippen molar-refractivity contribution in [2.24, 2.45) is 10.2 Å². The van der Waals surface area contributed by atoms with E-state index in [4.69, 9.17) is 10.1 Å². The number of nitrogens with two attached hydrogens (primary N) is 1. The summed E-state index contributed by atoms with van der Waals surface area (Å²) in [4.78, 5) is 13.1. The second kappa shape index (κ2) is 7.19. The van der Waals surface area contributed by atoms with Crippen LogP contribution < -0.4 is 15.5 Å². The van der Waals surface area contributed by atoms with E-state index >= 15 is 4.39 Å². The second-order valence-electron chi connectivity index (χ2n) is 8.92. The van der Waals surface area contributed by atoms with Gasteiger partial charge in [0.2, 0.25) is 21.9 Å². The Balaban J connectivity index is 1.43.